The van der Waals surface area contributed by atoms with Crippen LogP contribution in [-0.2, 0) is 10.0 Å². The molecule has 1 aliphatic rings. The summed E-state index contributed by atoms with van der Waals surface area (Å²) >= 11 is 13.4. The molecular formula is C16H16Cl2N2O3S2. The first-order valence-electron chi connectivity index (χ1n) is 7.67. The zero-order valence-corrected chi connectivity index (χ0v) is 16.3. The van der Waals surface area contributed by atoms with Crippen molar-refractivity contribution >= 4 is 50.5 Å². The number of amides is 1. The fourth-order valence-electron chi connectivity index (χ4n) is 2.75. The van der Waals surface area contributed by atoms with Gasteiger partial charge in [-0.3, -0.25) is 4.79 Å². The highest BCUT2D eigenvalue weighted by molar-refractivity contribution is 7.91. The molecule has 1 N–H and O–H groups in total. The SMILES string of the molecule is O=C(c1c(Cl)cccc1Cl)N1CCC(NS(=O)(=O)c2cccs2)CC1. The van der Waals surface area contributed by atoms with E-state index in [0.717, 1.165) is 0 Å². The second kappa shape index (κ2) is 7.63. The topological polar surface area (TPSA) is 66.5 Å². The molecule has 1 amide bonds. The van der Waals surface area contributed by atoms with Gasteiger partial charge in [0.1, 0.15) is 4.21 Å². The third kappa shape index (κ3) is 4.17. The number of nitrogens with zero attached hydrogens (tertiary/aromatic N) is 1. The normalized spacial score (nSPS) is 16.2. The zero-order valence-electron chi connectivity index (χ0n) is 13.1. The molecule has 1 fully saturated rings. The molecule has 0 atom stereocenters. The van der Waals surface area contributed by atoms with E-state index >= 15 is 0 Å². The van der Waals surface area contributed by atoms with Gasteiger partial charge in [0.15, 0.2) is 0 Å². The van der Waals surface area contributed by atoms with Crippen molar-refractivity contribution in [1.29, 1.82) is 0 Å². The number of nitrogens with one attached hydrogen (secondary N) is 1. The summed E-state index contributed by atoms with van der Waals surface area (Å²) in [5.74, 6) is -0.227. The minimum absolute atomic E-state index is 0.196. The van der Waals surface area contributed by atoms with Crippen LogP contribution in [0.2, 0.25) is 10.0 Å². The lowest BCUT2D eigenvalue weighted by Crippen LogP contribution is -2.46. The van der Waals surface area contributed by atoms with E-state index in [4.69, 9.17) is 23.2 Å². The molecular weight excluding hydrogens is 403 g/mol. The molecule has 0 unspecified atom stereocenters. The number of hydrogen-bond acceptors (Lipinski definition) is 4. The monoisotopic (exact) mass is 418 g/mol. The molecule has 1 aromatic heterocycles. The molecule has 1 aliphatic heterocycles. The lowest BCUT2D eigenvalue weighted by Gasteiger charge is -2.32. The zero-order chi connectivity index (χ0) is 18.0. The Morgan fingerprint density at radius 1 is 1.12 bits per heavy atom. The van der Waals surface area contributed by atoms with Crippen molar-refractivity contribution in [2.24, 2.45) is 0 Å². The molecule has 0 spiro atoms. The number of hydrogen-bond donors (Lipinski definition) is 1. The predicted molar refractivity (Wildman–Crippen MR) is 100 cm³/mol. The van der Waals surface area contributed by atoms with Crippen molar-refractivity contribution in [3.63, 3.8) is 0 Å². The van der Waals surface area contributed by atoms with Gasteiger partial charge in [-0.1, -0.05) is 35.3 Å². The standard InChI is InChI=1S/C16H16Cl2N2O3S2/c17-12-3-1-4-13(18)15(12)16(21)20-8-6-11(7-9-20)19-25(22,23)14-5-2-10-24-14/h1-5,10-11,19H,6-9H2. The summed E-state index contributed by atoms with van der Waals surface area (Å²) in [4.78, 5) is 14.3. The van der Waals surface area contributed by atoms with Gasteiger partial charge >= 0.3 is 0 Å². The van der Waals surface area contributed by atoms with Gasteiger partial charge in [-0.05, 0) is 36.4 Å². The number of carbonyl (C=O) groups excluding carboxylic acids is 1. The fraction of sp³-hybridized carbons (Fsp3) is 0.312. The van der Waals surface area contributed by atoms with E-state index in [2.05, 4.69) is 4.72 Å². The maximum atomic E-state index is 12.6. The van der Waals surface area contributed by atoms with E-state index in [-0.39, 0.29) is 11.9 Å². The highest BCUT2D eigenvalue weighted by atomic mass is 35.5. The van der Waals surface area contributed by atoms with E-state index in [0.29, 0.717) is 45.7 Å². The fourth-order valence-corrected chi connectivity index (χ4v) is 5.63. The summed E-state index contributed by atoms with van der Waals surface area (Å²) in [5, 5.41) is 2.36. The number of sulfonamides is 1. The number of carbonyl (C=O) groups is 1. The van der Waals surface area contributed by atoms with Crippen LogP contribution in [0.25, 0.3) is 0 Å². The Bertz CT molecular complexity index is 841. The first-order valence-corrected chi connectivity index (χ1v) is 10.8. The van der Waals surface area contributed by atoms with Crippen molar-refractivity contribution in [1.82, 2.24) is 9.62 Å². The minimum atomic E-state index is -3.50. The average molecular weight is 419 g/mol. The van der Waals surface area contributed by atoms with Crippen LogP contribution < -0.4 is 4.72 Å². The molecule has 1 saturated heterocycles. The predicted octanol–water partition coefficient (Wildman–Crippen LogP) is 3.64. The van der Waals surface area contributed by atoms with Crippen molar-refractivity contribution in [3.05, 3.63) is 51.3 Å². The molecule has 25 heavy (non-hydrogen) atoms. The number of piperidine rings is 1. The van der Waals surface area contributed by atoms with Crippen LogP contribution in [0.4, 0.5) is 0 Å². The largest absolute Gasteiger partial charge is 0.338 e. The molecule has 2 aromatic rings. The van der Waals surface area contributed by atoms with Gasteiger partial charge in [0.25, 0.3) is 5.91 Å². The molecule has 0 saturated carbocycles. The number of likely N-dealkylation sites (tertiary alicyclic amines) is 1. The summed E-state index contributed by atoms with van der Waals surface area (Å²) < 4.78 is 27.6. The van der Waals surface area contributed by atoms with Gasteiger partial charge in [0.05, 0.1) is 15.6 Å². The van der Waals surface area contributed by atoms with E-state index in [1.807, 2.05) is 0 Å². The minimum Gasteiger partial charge on any atom is -0.338 e. The lowest BCUT2D eigenvalue weighted by molar-refractivity contribution is 0.0711. The van der Waals surface area contributed by atoms with Crippen molar-refractivity contribution in [3.8, 4) is 0 Å². The van der Waals surface area contributed by atoms with Crippen LogP contribution in [0.1, 0.15) is 23.2 Å². The average Bonchev–Trinajstić information content (AvgIpc) is 3.10. The highest BCUT2D eigenvalue weighted by Gasteiger charge is 2.29. The third-order valence-corrected chi connectivity index (χ3v) is 7.59. The Balaban J connectivity index is 1.63. The first kappa shape index (κ1) is 18.7. The number of benzene rings is 1. The highest BCUT2D eigenvalue weighted by Crippen LogP contribution is 2.27. The van der Waals surface area contributed by atoms with Gasteiger partial charge in [0.2, 0.25) is 10.0 Å². The second-order valence-corrected chi connectivity index (χ2v) is 9.42. The Morgan fingerprint density at radius 2 is 1.76 bits per heavy atom. The van der Waals surface area contributed by atoms with Crippen LogP contribution in [0.15, 0.2) is 39.9 Å². The van der Waals surface area contributed by atoms with Crippen LogP contribution in [-0.4, -0.2) is 38.4 Å². The van der Waals surface area contributed by atoms with Crippen LogP contribution in [0, 0.1) is 0 Å². The van der Waals surface area contributed by atoms with Gasteiger partial charge in [-0.2, -0.15) is 0 Å². The molecule has 0 radical (unpaired) electrons. The Hall–Kier alpha value is -1.12. The second-order valence-electron chi connectivity index (χ2n) is 5.72. The third-order valence-electron chi connectivity index (χ3n) is 4.04. The van der Waals surface area contributed by atoms with E-state index < -0.39 is 10.0 Å². The number of thiophene rings is 1. The molecule has 134 valence electrons. The lowest BCUT2D eigenvalue weighted by atomic mass is 10.0. The smallest absolute Gasteiger partial charge is 0.256 e. The molecule has 5 nitrogen and oxygen atoms in total. The van der Waals surface area contributed by atoms with Crippen molar-refractivity contribution in [2.75, 3.05) is 13.1 Å². The maximum absolute atomic E-state index is 12.6. The molecule has 0 bridgehead atoms. The van der Waals surface area contributed by atoms with Gasteiger partial charge in [-0.25, -0.2) is 13.1 Å². The first-order chi connectivity index (χ1) is 11.9. The molecule has 2 heterocycles. The maximum Gasteiger partial charge on any atom is 0.256 e. The van der Waals surface area contributed by atoms with Crippen molar-refractivity contribution in [2.45, 2.75) is 23.1 Å². The Kier molecular flexibility index (Phi) is 5.70. The summed E-state index contributed by atoms with van der Waals surface area (Å²) in [7, 11) is -3.50. The van der Waals surface area contributed by atoms with E-state index in [1.54, 1.807) is 40.6 Å². The van der Waals surface area contributed by atoms with E-state index in [9.17, 15) is 13.2 Å². The summed E-state index contributed by atoms with van der Waals surface area (Å²) in [5.41, 5.74) is 0.295. The van der Waals surface area contributed by atoms with E-state index in [1.165, 1.54) is 11.3 Å². The number of halogens is 2. The molecule has 3 rings (SSSR count). The summed E-state index contributed by atoms with van der Waals surface area (Å²) in [6.45, 7) is 0.885. The van der Waals surface area contributed by atoms with Gasteiger partial charge in [0, 0.05) is 19.1 Å². The summed E-state index contributed by atoms with van der Waals surface area (Å²) in [6.07, 6.45) is 1.08. The number of rotatable bonds is 4. The van der Waals surface area contributed by atoms with Crippen LogP contribution in [0.3, 0.4) is 0 Å². The van der Waals surface area contributed by atoms with Crippen molar-refractivity contribution < 1.29 is 13.2 Å². The molecule has 9 heteroatoms. The Morgan fingerprint density at radius 3 is 2.32 bits per heavy atom. The quantitative estimate of drug-likeness (QED) is 0.823. The van der Waals surface area contributed by atoms with Gasteiger partial charge in [-0.15, -0.1) is 11.3 Å². The summed E-state index contributed by atoms with van der Waals surface area (Å²) in [6, 6.07) is 8.02. The van der Waals surface area contributed by atoms with Gasteiger partial charge < -0.3 is 4.90 Å². The Labute approximate surface area is 160 Å². The van der Waals surface area contributed by atoms with Crippen LogP contribution >= 0.6 is 34.5 Å². The molecule has 0 aliphatic carbocycles. The molecule has 1 aromatic carbocycles. The van der Waals surface area contributed by atoms with Crippen LogP contribution in [0.5, 0.6) is 0 Å².